The largest absolute Gasteiger partial charge is 0.384 e. The van der Waals surface area contributed by atoms with Gasteiger partial charge in [-0.25, -0.2) is 4.39 Å². The second-order valence-corrected chi connectivity index (χ2v) is 3.98. The van der Waals surface area contributed by atoms with E-state index in [0.717, 1.165) is 5.52 Å². The van der Waals surface area contributed by atoms with Crippen LogP contribution in [0.25, 0.3) is 22.0 Å². The van der Waals surface area contributed by atoms with Crippen LogP contribution in [-0.4, -0.2) is 14.8 Å². The van der Waals surface area contributed by atoms with E-state index in [9.17, 15) is 4.39 Å². The van der Waals surface area contributed by atoms with Crippen LogP contribution in [0.5, 0.6) is 0 Å². The van der Waals surface area contributed by atoms with Crippen molar-refractivity contribution in [2.45, 2.75) is 0 Å². The summed E-state index contributed by atoms with van der Waals surface area (Å²) < 4.78 is 16.2. The summed E-state index contributed by atoms with van der Waals surface area (Å²) in [6.07, 6.45) is 3.36. The van der Waals surface area contributed by atoms with Crippen molar-refractivity contribution >= 4 is 16.7 Å². The summed E-state index contributed by atoms with van der Waals surface area (Å²) >= 11 is 0. The van der Waals surface area contributed by atoms with Crippen LogP contribution in [0.1, 0.15) is 0 Å². The van der Waals surface area contributed by atoms with Crippen molar-refractivity contribution in [1.29, 1.82) is 0 Å². The Balaban J connectivity index is 2.32. The van der Waals surface area contributed by atoms with E-state index in [4.69, 9.17) is 5.73 Å². The molecule has 3 aromatic rings. The number of fused-ring (bicyclic) bond motifs is 1. The number of hydrogen-bond donors (Lipinski definition) is 2. The highest BCUT2D eigenvalue weighted by Gasteiger charge is 2.14. The minimum atomic E-state index is -0.267. The SMILES string of the molecule is Cn1ccc2c(F)c(-c3cn[nH]c3N)ccc21. The molecule has 4 nitrogen and oxygen atoms in total. The maximum Gasteiger partial charge on any atom is 0.140 e. The van der Waals surface area contributed by atoms with Crippen LogP contribution in [0.4, 0.5) is 10.2 Å². The molecular formula is C12H11FN4. The van der Waals surface area contributed by atoms with Crippen LogP contribution >= 0.6 is 0 Å². The molecule has 0 unspecified atom stereocenters. The lowest BCUT2D eigenvalue weighted by Gasteiger charge is -2.04. The van der Waals surface area contributed by atoms with Gasteiger partial charge in [0.05, 0.1) is 11.7 Å². The normalized spacial score (nSPS) is 11.2. The van der Waals surface area contributed by atoms with Crippen molar-refractivity contribution in [3.8, 4) is 11.1 Å². The molecule has 86 valence electrons. The molecule has 0 spiro atoms. The van der Waals surface area contributed by atoms with E-state index in [0.29, 0.717) is 22.3 Å². The smallest absolute Gasteiger partial charge is 0.140 e. The minimum Gasteiger partial charge on any atom is -0.384 e. The van der Waals surface area contributed by atoms with Gasteiger partial charge in [-0.05, 0) is 18.2 Å². The molecule has 0 bridgehead atoms. The first-order chi connectivity index (χ1) is 8.18. The van der Waals surface area contributed by atoms with Crippen LogP contribution in [-0.2, 0) is 7.05 Å². The van der Waals surface area contributed by atoms with Gasteiger partial charge in [0, 0.05) is 29.8 Å². The molecule has 0 aliphatic carbocycles. The molecule has 0 radical (unpaired) electrons. The fourth-order valence-corrected chi connectivity index (χ4v) is 2.03. The molecule has 0 saturated carbocycles. The van der Waals surface area contributed by atoms with Crippen LogP contribution in [0, 0.1) is 5.82 Å². The molecule has 3 N–H and O–H groups in total. The lowest BCUT2D eigenvalue weighted by atomic mass is 10.1. The number of rotatable bonds is 1. The highest BCUT2D eigenvalue weighted by molar-refractivity contribution is 5.88. The molecule has 0 amide bonds. The average molecular weight is 230 g/mol. The predicted octanol–water partition coefficient (Wildman–Crippen LogP) is 2.29. The second-order valence-electron chi connectivity index (χ2n) is 3.98. The van der Waals surface area contributed by atoms with E-state index in [-0.39, 0.29) is 5.82 Å². The van der Waals surface area contributed by atoms with Gasteiger partial charge >= 0.3 is 0 Å². The Morgan fingerprint density at radius 2 is 2.12 bits per heavy atom. The standard InChI is InChI=1S/C12H11FN4/c1-17-5-4-8-10(17)3-2-7(11(8)13)9-6-15-16-12(9)14/h2-6H,1H3,(H3,14,15,16). The van der Waals surface area contributed by atoms with Gasteiger partial charge in [0.25, 0.3) is 0 Å². The van der Waals surface area contributed by atoms with Crippen molar-refractivity contribution in [1.82, 2.24) is 14.8 Å². The van der Waals surface area contributed by atoms with Gasteiger partial charge in [-0.15, -0.1) is 0 Å². The van der Waals surface area contributed by atoms with Gasteiger partial charge in [-0.2, -0.15) is 5.10 Å². The van der Waals surface area contributed by atoms with E-state index in [1.54, 1.807) is 12.1 Å². The zero-order valence-corrected chi connectivity index (χ0v) is 9.24. The molecule has 1 aromatic carbocycles. The van der Waals surface area contributed by atoms with Gasteiger partial charge < -0.3 is 10.3 Å². The van der Waals surface area contributed by atoms with Crippen LogP contribution in [0.2, 0.25) is 0 Å². The van der Waals surface area contributed by atoms with Crippen molar-refractivity contribution < 1.29 is 4.39 Å². The van der Waals surface area contributed by atoms with Gasteiger partial charge in [0.15, 0.2) is 0 Å². The topological polar surface area (TPSA) is 59.6 Å². The Morgan fingerprint density at radius 3 is 2.82 bits per heavy atom. The number of nitrogens with zero attached hydrogens (tertiary/aromatic N) is 2. The maximum atomic E-state index is 14.3. The number of H-pyrrole nitrogens is 1. The summed E-state index contributed by atoms with van der Waals surface area (Å²) in [6.45, 7) is 0. The number of anilines is 1. The number of nitrogens with one attached hydrogen (secondary N) is 1. The monoisotopic (exact) mass is 230 g/mol. The van der Waals surface area contributed by atoms with E-state index in [2.05, 4.69) is 10.2 Å². The summed E-state index contributed by atoms with van der Waals surface area (Å²) in [5.41, 5.74) is 7.61. The van der Waals surface area contributed by atoms with E-state index < -0.39 is 0 Å². The van der Waals surface area contributed by atoms with Gasteiger partial charge in [0.2, 0.25) is 0 Å². The molecule has 0 atom stereocenters. The Kier molecular flexibility index (Phi) is 1.95. The van der Waals surface area contributed by atoms with E-state index >= 15 is 0 Å². The Hall–Kier alpha value is -2.30. The molecule has 0 aliphatic heterocycles. The third-order valence-electron chi connectivity index (χ3n) is 2.96. The van der Waals surface area contributed by atoms with Crippen molar-refractivity contribution in [2.75, 3.05) is 5.73 Å². The molecule has 2 heterocycles. The Morgan fingerprint density at radius 1 is 1.29 bits per heavy atom. The number of aromatic amines is 1. The van der Waals surface area contributed by atoms with Gasteiger partial charge in [-0.1, -0.05) is 0 Å². The zero-order chi connectivity index (χ0) is 12.0. The Labute approximate surface area is 96.9 Å². The number of aromatic nitrogens is 3. The number of halogens is 1. The highest BCUT2D eigenvalue weighted by atomic mass is 19.1. The lowest BCUT2D eigenvalue weighted by molar-refractivity contribution is 0.643. The zero-order valence-electron chi connectivity index (χ0n) is 9.24. The fourth-order valence-electron chi connectivity index (χ4n) is 2.03. The number of nitrogens with two attached hydrogens (primary N) is 1. The lowest BCUT2D eigenvalue weighted by Crippen LogP contribution is -1.91. The Bertz CT molecular complexity index is 696. The molecule has 3 rings (SSSR count). The van der Waals surface area contributed by atoms with Crippen LogP contribution in [0.3, 0.4) is 0 Å². The molecule has 5 heteroatoms. The van der Waals surface area contributed by atoms with E-state index in [1.807, 2.05) is 23.9 Å². The number of aryl methyl sites for hydroxylation is 1. The second kappa shape index (κ2) is 3.35. The average Bonchev–Trinajstić information content (AvgIpc) is 2.88. The van der Waals surface area contributed by atoms with Crippen molar-refractivity contribution in [3.05, 3.63) is 36.4 Å². The first-order valence-corrected chi connectivity index (χ1v) is 5.21. The first-order valence-electron chi connectivity index (χ1n) is 5.21. The molecule has 0 aliphatic rings. The highest BCUT2D eigenvalue weighted by Crippen LogP contribution is 2.31. The summed E-state index contributed by atoms with van der Waals surface area (Å²) in [7, 11) is 1.88. The summed E-state index contributed by atoms with van der Waals surface area (Å²) in [5.74, 6) is 0.107. The quantitative estimate of drug-likeness (QED) is 0.673. The predicted molar refractivity (Wildman–Crippen MR) is 64.9 cm³/mol. The van der Waals surface area contributed by atoms with Crippen molar-refractivity contribution in [3.63, 3.8) is 0 Å². The summed E-state index contributed by atoms with van der Waals surface area (Å²) in [4.78, 5) is 0. The van der Waals surface area contributed by atoms with Gasteiger partial charge in [0.1, 0.15) is 11.6 Å². The van der Waals surface area contributed by atoms with Crippen LogP contribution in [0.15, 0.2) is 30.6 Å². The van der Waals surface area contributed by atoms with Crippen LogP contribution < -0.4 is 5.73 Å². The molecule has 0 saturated heterocycles. The fraction of sp³-hybridized carbons (Fsp3) is 0.0833. The van der Waals surface area contributed by atoms with Crippen molar-refractivity contribution in [2.24, 2.45) is 7.05 Å². The molecule has 0 fully saturated rings. The molecule has 17 heavy (non-hydrogen) atoms. The minimum absolute atomic E-state index is 0.267. The maximum absolute atomic E-state index is 14.3. The van der Waals surface area contributed by atoms with Gasteiger partial charge in [-0.3, -0.25) is 5.10 Å². The first kappa shape index (κ1) is 9.89. The summed E-state index contributed by atoms with van der Waals surface area (Å²) in [6, 6.07) is 5.35. The number of nitrogen functional groups attached to an aromatic ring is 1. The third kappa shape index (κ3) is 1.32. The molecular weight excluding hydrogens is 219 g/mol. The number of benzene rings is 1. The third-order valence-corrected chi connectivity index (χ3v) is 2.96. The summed E-state index contributed by atoms with van der Waals surface area (Å²) in [5, 5.41) is 6.99. The molecule has 2 aromatic heterocycles. The number of hydrogen-bond acceptors (Lipinski definition) is 2. The van der Waals surface area contributed by atoms with E-state index in [1.165, 1.54) is 6.20 Å².